The number of halogens is 1. The van der Waals surface area contributed by atoms with Crippen molar-refractivity contribution >= 4 is 37.4 Å². The van der Waals surface area contributed by atoms with Crippen LogP contribution in [0.25, 0.3) is 10.1 Å². The van der Waals surface area contributed by atoms with Crippen LogP contribution in [0.3, 0.4) is 0 Å². The van der Waals surface area contributed by atoms with E-state index in [9.17, 15) is 0 Å². The zero-order chi connectivity index (χ0) is 13.9. The molecule has 102 valence electrons. The molecule has 2 aromatic heterocycles. The summed E-state index contributed by atoms with van der Waals surface area (Å²) in [5.74, 6) is 0. The zero-order valence-corrected chi connectivity index (χ0v) is 13.5. The van der Waals surface area contributed by atoms with E-state index in [0.717, 1.165) is 16.6 Å². The number of benzene rings is 1. The van der Waals surface area contributed by atoms with Crippen LogP contribution in [0.15, 0.2) is 52.4 Å². The number of aromatic nitrogens is 1. The van der Waals surface area contributed by atoms with Crippen molar-refractivity contribution in [2.24, 2.45) is 0 Å². The molecule has 1 N–H and O–H groups in total. The van der Waals surface area contributed by atoms with Crippen LogP contribution in [0.4, 0.5) is 0 Å². The lowest BCUT2D eigenvalue weighted by atomic mass is 10.0. The molecular formula is C16H15BrN2S. The smallest absolute Gasteiger partial charge is 0.0423 e. The summed E-state index contributed by atoms with van der Waals surface area (Å²) in [5.41, 5.74) is 2.46. The van der Waals surface area contributed by atoms with E-state index in [4.69, 9.17) is 0 Å². The number of thiophene rings is 1. The molecule has 3 rings (SSSR count). The molecule has 0 radical (unpaired) electrons. The van der Waals surface area contributed by atoms with E-state index in [1.165, 1.54) is 15.6 Å². The second kappa shape index (κ2) is 6.04. The Labute approximate surface area is 131 Å². The molecule has 20 heavy (non-hydrogen) atoms. The molecule has 2 heterocycles. The van der Waals surface area contributed by atoms with E-state index >= 15 is 0 Å². The predicted molar refractivity (Wildman–Crippen MR) is 89.3 cm³/mol. The largest absolute Gasteiger partial charge is 0.313 e. The second-order valence-electron chi connectivity index (χ2n) is 4.70. The van der Waals surface area contributed by atoms with Gasteiger partial charge in [0, 0.05) is 33.5 Å². The van der Waals surface area contributed by atoms with Crippen molar-refractivity contribution in [3.63, 3.8) is 0 Å². The average Bonchev–Trinajstić information content (AvgIpc) is 2.91. The third-order valence-electron chi connectivity index (χ3n) is 3.44. The first-order chi connectivity index (χ1) is 9.78. The van der Waals surface area contributed by atoms with Crippen LogP contribution in [-0.4, -0.2) is 12.0 Å². The lowest BCUT2D eigenvalue weighted by Gasteiger charge is -2.15. The fourth-order valence-corrected chi connectivity index (χ4v) is 3.62. The van der Waals surface area contributed by atoms with Gasteiger partial charge in [-0.1, -0.05) is 18.2 Å². The highest BCUT2D eigenvalue weighted by molar-refractivity contribution is 9.10. The molecule has 0 aliphatic heterocycles. The molecule has 0 saturated heterocycles. The number of hydrogen-bond acceptors (Lipinski definition) is 3. The molecule has 0 aliphatic rings. The van der Waals surface area contributed by atoms with Gasteiger partial charge >= 0.3 is 0 Å². The van der Waals surface area contributed by atoms with Crippen LogP contribution in [0.5, 0.6) is 0 Å². The van der Waals surface area contributed by atoms with Crippen molar-refractivity contribution in [1.29, 1.82) is 0 Å². The van der Waals surface area contributed by atoms with Crippen molar-refractivity contribution < 1.29 is 0 Å². The Kier molecular flexibility index (Phi) is 4.15. The number of nitrogens with one attached hydrogen (secondary N) is 1. The maximum atomic E-state index is 4.47. The maximum absolute atomic E-state index is 4.47. The fraction of sp³-hybridized carbons (Fsp3) is 0.188. The Morgan fingerprint density at radius 3 is 2.85 bits per heavy atom. The highest BCUT2D eigenvalue weighted by Crippen LogP contribution is 2.31. The fourth-order valence-electron chi connectivity index (χ4n) is 2.37. The maximum Gasteiger partial charge on any atom is 0.0423 e. The van der Waals surface area contributed by atoms with Crippen LogP contribution in [0, 0.1) is 0 Å². The minimum absolute atomic E-state index is 0.292. The van der Waals surface area contributed by atoms with Crippen LogP contribution >= 0.6 is 27.3 Å². The van der Waals surface area contributed by atoms with Crippen molar-refractivity contribution in [2.75, 3.05) is 7.05 Å². The molecule has 0 amide bonds. The van der Waals surface area contributed by atoms with Gasteiger partial charge in [0.25, 0.3) is 0 Å². The third-order valence-corrected chi connectivity index (χ3v) is 4.89. The number of pyridine rings is 1. The lowest BCUT2D eigenvalue weighted by Crippen LogP contribution is -2.19. The lowest BCUT2D eigenvalue weighted by molar-refractivity contribution is 0.590. The van der Waals surface area contributed by atoms with Gasteiger partial charge in [-0.2, -0.15) is 0 Å². The van der Waals surface area contributed by atoms with Gasteiger partial charge in [-0.3, -0.25) is 4.98 Å². The Morgan fingerprint density at radius 2 is 2.10 bits per heavy atom. The standard InChI is InChI=1S/C16H15BrN2S/c1-18-15(8-12-7-6-11(17)9-19-12)14-10-20-16-5-3-2-4-13(14)16/h2-7,9-10,15,18H,8H2,1H3. The molecule has 1 unspecified atom stereocenters. The highest BCUT2D eigenvalue weighted by Gasteiger charge is 2.15. The Morgan fingerprint density at radius 1 is 1.25 bits per heavy atom. The van der Waals surface area contributed by atoms with E-state index in [-0.39, 0.29) is 0 Å². The molecular weight excluding hydrogens is 332 g/mol. The second-order valence-corrected chi connectivity index (χ2v) is 6.53. The van der Waals surface area contributed by atoms with Crippen LogP contribution in [0.1, 0.15) is 17.3 Å². The molecule has 3 aromatic rings. The zero-order valence-electron chi connectivity index (χ0n) is 11.1. The SMILES string of the molecule is CNC(Cc1ccc(Br)cn1)c1csc2ccccc12. The van der Waals surface area contributed by atoms with Gasteiger partial charge in [-0.15, -0.1) is 11.3 Å². The van der Waals surface area contributed by atoms with E-state index in [1.54, 1.807) is 11.3 Å². The number of fused-ring (bicyclic) bond motifs is 1. The van der Waals surface area contributed by atoms with Crippen LogP contribution in [0.2, 0.25) is 0 Å². The first-order valence-corrected chi connectivity index (χ1v) is 8.19. The number of likely N-dealkylation sites (N-methyl/N-ethyl adjacent to an activating group) is 1. The number of rotatable bonds is 4. The molecule has 1 aromatic carbocycles. The summed E-state index contributed by atoms with van der Waals surface area (Å²) < 4.78 is 2.36. The van der Waals surface area contributed by atoms with E-state index in [1.807, 2.05) is 19.3 Å². The Bertz CT molecular complexity index is 706. The van der Waals surface area contributed by atoms with Gasteiger partial charge in [-0.25, -0.2) is 0 Å². The predicted octanol–water partition coefficient (Wildman–Crippen LogP) is 4.56. The van der Waals surface area contributed by atoms with Crippen molar-refractivity contribution in [3.8, 4) is 0 Å². The molecule has 0 fully saturated rings. The minimum atomic E-state index is 0.292. The van der Waals surface area contributed by atoms with E-state index in [2.05, 4.69) is 61.9 Å². The summed E-state index contributed by atoms with van der Waals surface area (Å²) in [5, 5.41) is 7.01. The third kappa shape index (κ3) is 2.77. The Hall–Kier alpha value is -1.23. The molecule has 4 heteroatoms. The van der Waals surface area contributed by atoms with Crippen LogP contribution < -0.4 is 5.32 Å². The van der Waals surface area contributed by atoms with Gasteiger partial charge in [0.2, 0.25) is 0 Å². The van der Waals surface area contributed by atoms with E-state index < -0.39 is 0 Å². The van der Waals surface area contributed by atoms with Gasteiger partial charge in [0.05, 0.1) is 0 Å². The summed E-state index contributed by atoms with van der Waals surface area (Å²) >= 11 is 5.23. The molecule has 0 saturated carbocycles. The van der Waals surface area contributed by atoms with Crippen LogP contribution in [-0.2, 0) is 6.42 Å². The summed E-state index contributed by atoms with van der Waals surface area (Å²) in [6, 6.07) is 13.0. The van der Waals surface area contributed by atoms with Gasteiger partial charge in [-0.05, 0) is 57.5 Å². The molecule has 2 nitrogen and oxygen atoms in total. The molecule has 0 bridgehead atoms. The number of nitrogens with zero attached hydrogens (tertiary/aromatic N) is 1. The monoisotopic (exact) mass is 346 g/mol. The van der Waals surface area contributed by atoms with Crippen molar-refractivity contribution in [1.82, 2.24) is 10.3 Å². The molecule has 1 atom stereocenters. The quantitative estimate of drug-likeness (QED) is 0.748. The summed E-state index contributed by atoms with van der Waals surface area (Å²) in [4.78, 5) is 4.47. The average molecular weight is 347 g/mol. The summed E-state index contributed by atoms with van der Waals surface area (Å²) in [6.45, 7) is 0. The summed E-state index contributed by atoms with van der Waals surface area (Å²) in [7, 11) is 2.01. The van der Waals surface area contributed by atoms with Crippen molar-refractivity contribution in [3.05, 3.63) is 63.7 Å². The highest BCUT2D eigenvalue weighted by atomic mass is 79.9. The first-order valence-electron chi connectivity index (χ1n) is 6.52. The molecule has 0 spiro atoms. The summed E-state index contributed by atoms with van der Waals surface area (Å²) in [6.07, 6.45) is 2.75. The van der Waals surface area contributed by atoms with E-state index in [0.29, 0.717) is 6.04 Å². The minimum Gasteiger partial charge on any atom is -0.313 e. The van der Waals surface area contributed by atoms with Gasteiger partial charge in [0.15, 0.2) is 0 Å². The molecule has 0 aliphatic carbocycles. The topological polar surface area (TPSA) is 24.9 Å². The number of hydrogen-bond donors (Lipinski definition) is 1. The normalized spacial score (nSPS) is 12.7. The first kappa shape index (κ1) is 13.7. The Balaban J connectivity index is 1.91. The van der Waals surface area contributed by atoms with Gasteiger partial charge in [0.1, 0.15) is 0 Å². The van der Waals surface area contributed by atoms with Gasteiger partial charge < -0.3 is 5.32 Å². The van der Waals surface area contributed by atoms with Crippen molar-refractivity contribution in [2.45, 2.75) is 12.5 Å².